The quantitative estimate of drug-likeness (QED) is 0.473. The summed E-state index contributed by atoms with van der Waals surface area (Å²) in [4.78, 5) is 1.96. The number of alkyl halides is 4. The first-order valence-electron chi connectivity index (χ1n) is 9.53. The van der Waals surface area contributed by atoms with Crippen LogP contribution in [0.25, 0.3) is 22.0 Å². The van der Waals surface area contributed by atoms with E-state index in [9.17, 15) is 17.6 Å². The monoisotopic (exact) mass is 416 g/mol. The number of nitrogens with one attached hydrogen (secondary N) is 1. The molecule has 1 aliphatic rings. The number of likely N-dealkylation sites (tertiary alicyclic amines) is 1. The fourth-order valence-corrected chi connectivity index (χ4v) is 3.73. The van der Waals surface area contributed by atoms with Crippen molar-refractivity contribution >= 4 is 16.6 Å². The molecule has 2 aromatic carbocycles. The Hall–Kier alpha value is -3.00. The normalized spacial score (nSPS) is 19.9. The Bertz CT molecular complexity index is 1050. The minimum absolute atomic E-state index is 0.318. The zero-order valence-corrected chi connectivity index (χ0v) is 16.0. The number of rotatable bonds is 5. The molecule has 0 bridgehead atoms. The van der Waals surface area contributed by atoms with Gasteiger partial charge >= 0.3 is 6.18 Å². The number of anilines is 1. The van der Waals surface area contributed by atoms with Crippen molar-refractivity contribution in [2.24, 2.45) is 0 Å². The lowest BCUT2D eigenvalue weighted by Gasteiger charge is -2.17. The van der Waals surface area contributed by atoms with Gasteiger partial charge in [0.05, 0.1) is 11.6 Å². The Morgan fingerprint density at radius 3 is 2.40 bits per heavy atom. The highest BCUT2D eigenvalue weighted by Crippen LogP contribution is 2.34. The maximum atomic E-state index is 14.4. The fraction of sp³-hybridized carbons (Fsp3) is 0.273. The van der Waals surface area contributed by atoms with Crippen molar-refractivity contribution in [1.29, 1.82) is 0 Å². The summed E-state index contributed by atoms with van der Waals surface area (Å²) < 4.78 is 53.0. The van der Waals surface area contributed by atoms with Crippen LogP contribution in [0, 0.1) is 0 Å². The Balaban J connectivity index is 1.66. The highest BCUT2D eigenvalue weighted by Gasteiger charge is 2.33. The van der Waals surface area contributed by atoms with E-state index >= 15 is 0 Å². The number of hydrogen-bond acceptors (Lipinski definition) is 4. The minimum atomic E-state index is -4.40. The van der Waals surface area contributed by atoms with Gasteiger partial charge < -0.3 is 5.32 Å². The largest absolute Gasteiger partial charge is 0.416 e. The highest BCUT2D eigenvalue weighted by atomic mass is 19.4. The van der Waals surface area contributed by atoms with Crippen LogP contribution >= 0.6 is 0 Å². The van der Waals surface area contributed by atoms with Crippen molar-refractivity contribution in [2.45, 2.75) is 18.4 Å². The number of fused-ring (bicyclic) bond motifs is 1. The van der Waals surface area contributed by atoms with Gasteiger partial charge in [-0.15, -0.1) is 16.8 Å². The van der Waals surface area contributed by atoms with Gasteiger partial charge in [-0.25, -0.2) is 4.39 Å². The second-order valence-electron chi connectivity index (χ2n) is 7.29. The number of halogens is 4. The van der Waals surface area contributed by atoms with E-state index in [0.717, 1.165) is 22.9 Å². The van der Waals surface area contributed by atoms with E-state index in [1.165, 1.54) is 12.1 Å². The lowest BCUT2D eigenvalue weighted by Crippen LogP contribution is -2.30. The third kappa shape index (κ3) is 4.00. The molecule has 1 N–H and O–H groups in total. The number of hydrogen-bond donors (Lipinski definition) is 1. The molecule has 3 aromatic rings. The molecule has 0 aliphatic carbocycles. The average molecular weight is 416 g/mol. The van der Waals surface area contributed by atoms with Crippen LogP contribution in [0.15, 0.2) is 61.2 Å². The van der Waals surface area contributed by atoms with Crippen LogP contribution in [0.5, 0.6) is 0 Å². The molecule has 8 heteroatoms. The first-order valence-corrected chi connectivity index (χ1v) is 9.53. The van der Waals surface area contributed by atoms with Crippen LogP contribution in [0.4, 0.5) is 23.4 Å². The molecule has 1 aromatic heterocycles. The molecule has 0 unspecified atom stereocenters. The molecule has 0 amide bonds. The molecular formula is C22H20F4N4. The van der Waals surface area contributed by atoms with Gasteiger partial charge in [0.25, 0.3) is 0 Å². The average Bonchev–Trinajstić information content (AvgIpc) is 3.07. The maximum Gasteiger partial charge on any atom is 0.416 e. The summed E-state index contributed by atoms with van der Waals surface area (Å²) >= 11 is 0. The van der Waals surface area contributed by atoms with Gasteiger partial charge in [0.1, 0.15) is 11.9 Å². The Kier molecular flexibility index (Phi) is 5.42. The molecule has 2 heterocycles. The molecule has 30 heavy (non-hydrogen) atoms. The molecule has 0 radical (unpaired) electrons. The molecule has 156 valence electrons. The van der Waals surface area contributed by atoms with Crippen LogP contribution < -0.4 is 5.32 Å². The SMILES string of the molecule is C=CCN1C[C@@H](F)[C@H](Nc2nnc(-c3ccc(C(F)(F)F)cc3)c3ccccc23)C1. The van der Waals surface area contributed by atoms with Crippen molar-refractivity contribution in [3.05, 3.63) is 66.7 Å². The number of aromatic nitrogens is 2. The third-order valence-corrected chi connectivity index (χ3v) is 5.21. The van der Waals surface area contributed by atoms with Crippen LogP contribution in [-0.4, -0.2) is 46.9 Å². The lowest BCUT2D eigenvalue weighted by molar-refractivity contribution is -0.137. The van der Waals surface area contributed by atoms with Crippen molar-refractivity contribution in [3.63, 3.8) is 0 Å². The second-order valence-corrected chi connectivity index (χ2v) is 7.29. The second kappa shape index (κ2) is 8.02. The van der Waals surface area contributed by atoms with Gasteiger partial charge in [0.15, 0.2) is 5.82 Å². The van der Waals surface area contributed by atoms with Crippen molar-refractivity contribution in [2.75, 3.05) is 25.0 Å². The maximum absolute atomic E-state index is 14.4. The molecule has 0 spiro atoms. The predicted octanol–water partition coefficient (Wildman–Crippen LogP) is 4.94. The van der Waals surface area contributed by atoms with Gasteiger partial charge in [-0.05, 0) is 12.1 Å². The topological polar surface area (TPSA) is 41.0 Å². The summed E-state index contributed by atoms with van der Waals surface area (Å²) in [6.45, 7) is 5.13. The molecule has 0 saturated carbocycles. The van der Waals surface area contributed by atoms with Gasteiger partial charge in [0.2, 0.25) is 0 Å². The Morgan fingerprint density at radius 1 is 1.03 bits per heavy atom. The summed E-state index contributed by atoms with van der Waals surface area (Å²) in [5, 5.41) is 13.1. The van der Waals surface area contributed by atoms with Gasteiger partial charge in [0, 0.05) is 36.0 Å². The summed E-state index contributed by atoms with van der Waals surface area (Å²) in [6.07, 6.45) is -3.72. The van der Waals surface area contributed by atoms with Crippen molar-refractivity contribution in [3.8, 4) is 11.3 Å². The first kappa shape index (κ1) is 20.3. The van der Waals surface area contributed by atoms with E-state index in [1.807, 2.05) is 29.2 Å². The van der Waals surface area contributed by atoms with Crippen LogP contribution in [0.3, 0.4) is 0 Å². The van der Waals surface area contributed by atoms with Gasteiger partial charge in [-0.3, -0.25) is 4.90 Å². The first-order chi connectivity index (χ1) is 14.4. The molecule has 4 rings (SSSR count). The lowest BCUT2D eigenvalue weighted by atomic mass is 10.0. The zero-order valence-electron chi connectivity index (χ0n) is 16.0. The van der Waals surface area contributed by atoms with E-state index < -0.39 is 24.0 Å². The van der Waals surface area contributed by atoms with Crippen LogP contribution in [0.2, 0.25) is 0 Å². The summed E-state index contributed by atoms with van der Waals surface area (Å²) in [6, 6.07) is 11.7. The van der Waals surface area contributed by atoms with E-state index in [-0.39, 0.29) is 0 Å². The van der Waals surface area contributed by atoms with E-state index in [0.29, 0.717) is 36.7 Å². The van der Waals surface area contributed by atoms with Crippen LogP contribution in [0.1, 0.15) is 5.56 Å². The molecule has 1 saturated heterocycles. The van der Waals surface area contributed by atoms with Crippen molar-refractivity contribution in [1.82, 2.24) is 15.1 Å². The van der Waals surface area contributed by atoms with E-state index in [2.05, 4.69) is 22.1 Å². The highest BCUT2D eigenvalue weighted by molar-refractivity contribution is 6.00. The molecule has 4 nitrogen and oxygen atoms in total. The Labute approximate surface area is 171 Å². The summed E-state index contributed by atoms with van der Waals surface area (Å²) in [7, 11) is 0. The third-order valence-electron chi connectivity index (χ3n) is 5.21. The number of nitrogens with zero attached hydrogens (tertiary/aromatic N) is 3. The minimum Gasteiger partial charge on any atom is -0.361 e. The van der Waals surface area contributed by atoms with E-state index in [1.54, 1.807) is 6.08 Å². The smallest absolute Gasteiger partial charge is 0.361 e. The van der Waals surface area contributed by atoms with Crippen molar-refractivity contribution < 1.29 is 17.6 Å². The molecular weight excluding hydrogens is 396 g/mol. The fourth-order valence-electron chi connectivity index (χ4n) is 3.73. The number of benzene rings is 2. The summed E-state index contributed by atoms with van der Waals surface area (Å²) in [5.74, 6) is 0.453. The van der Waals surface area contributed by atoms with E-state index in [4.69, 9.17) is 0 Å². The molecule has 1 fully saturated rings. The summed E-state index contributed by atoms with van der Waals surface area (Å²) in [5.41, 5.74) is 0.280. The van der Waals surface area contributed by atoms with Gasteiger partial charge in [-0.2, -0.15) is 13.2 Å². The van der Waals surface area contributed by atoms with Crippen LogP contribution in [-0.2, 0) is 6.18 Å². The standard InChI is InChI=1S/C22H20F4N4/c1-2-11-30-12-18(23)19(13-30)27-21-17-6-4-3-5-16(17)20(28-29-21)14-7-9-15(10-8-14)22(24,25)26/h2-10,18-19H,1,11-13H2,(H,27,29)/t18-,19-/m1/s1. The predicted molar refractivity (Wildman–Crippen MR) is 109 cm³/mol. The zero-order chi connectivity index (χ0) is 21.3. The molecule has 1 aliphatic heterocycles. The van der Waals surface area contributed by atoms with Gasteiger partial charge in [-0.1, -0.05) is 42.5 Å². The Morgan fingerprint density at radius 2 is 1.73 bits per heavy atom. The molecule has 2 atom stereocenters.